The van der Waals surface area contributed by atoms with Crippen molar-refractivity contribution >= 4 is 27.5 Å². The minimum absolute atomic E-state index is 0.0915. The Labute approximate surface area is 108 Å². The summed E-state index contributed by atoms with van der Waals surface area (Å²) in [7, 11) is 0. The molecule has 0 aliphatic rings. The maximum Gasteiger partial charge on any atom is 0.246 e. The van der Waals surface area contributed by atoms with Crippen molar-refractivity contribution in [2.45, 2.75) is 13.5 Å². The minimum atomic E-state index is -0.0915. The highest BCUT2D eigenvalue weighted by molar-refractivity contribution is 9.10. The van der Waals surface area contributed by atoms with Crippen molar-refractivity contribution in [2.75, 3.05) is 5.32 Å². The molecule has 0 saturated heterocycles. The number of hydrogen-bond donors (Lipinski definition) is 1. The fourth-order valence-corrected chi connectivity index (χ4v) is 2.16. The van der Waals surface area contributed by atoms with E-state index in [1.54, 1.807) is 23.1 Å². The molecule has 1 N–H and O–H groups in total. The molecule has 5 heteroatoms. The van der Waals surface area contributed by atoms with Gasteiger partial charge in [0.15, 0.2) is 0 Å². The first-order valence-electron chi connectivity index (χ1n) is 5.18. The zero-order valence-electron chi connectivity index (χ0n) is 9.35. The Morgan fingerprint density at radius 2 is 2.29 bits per heavy atom. The molecule has 1 aromatic heterocycles. The number of hydrogen-bond acceptors (Lipinski definition) is 2. The number of anilines is 1. The highest BCUT2D eigenvalue weighted by atomic mass is 79.9. The van der Waals surface area contributed by atoms with E-state index in [1.807, 2.05) is 25.1 Å². The third kappa shape index (κ3) is 3.42. The van der Waals surface area contributed by atoms with E-state index in [0.29, 0.717) is 0 Å². The van der Waals surface area contributed by atoms with Gasteiger partial charge in [0, 0.05) is 22.6 Å². The Morgan fingerprint density at radius 3 is 2.94 bits per heavy atom. The molecule has 0 aliphatic carbocycles. The lowest BCUT2D eigenvalue weighted by Crippen LogP contribution is -2.19. The summed E-state index contributed by atoms with van der Waals surface area (Å²) in [6.07, 6.45) is 3.41. The second kappa shape index (κ2) is 5.14. The number of halogens is 1. The number of nitrogens with one attached hydrogen (secondary N) is 1. The number of nitrogens with zero attached hydrogens (tertiary/aromatic N) is 2. The first-order chi connectivity index (χ1) is 8.13. The van der Waals surface area contributed by atoms with Gasteiger partial charge in [-0.05, 0) is 36.8 Å². The number of carbonyl (C=O) groups is 1. The first-order valence-corrected chi connectivity index (χ1v) is 5.97. The lowest BCUT2D eigenvalue weighted by atomic mass is 10.2. The van der Waals surface area contributed by atoms with Gasteiger partial charge in [-0.2, -0.15) is 5.10 Å². The van der Waals surface area contributed by atoms with E-state index < -0.39 is 0 Å². The molecule has 88 valence electrons. The van der Waals surface area contributed by atoms with Crippen molar-refractivity contribution in [3.8, 4) is 0 Å². The zero-order chi connectivity index (χ0) is 12.3. The minimum Gasteiger partial charge on any atom is -0.324 e. The van der Waals surface area contributed by atoms with Crippen LogP contribution in [0.4, 0.5) is 5.69 Å². The van der Waals surface area contributed by atoms with Gasteiger partial charge >= 0.3 is 0 Å². The van der Waals surface area contributed by atoms with Gasteiger partial charge in [-0.25, -0.2) is 0 Å². The molecule has 0 unspecified atom stereocenters. The normalized spacial score (nSPS) is 10.2. The van der Waals surface area contributed by atoms with E-state index in [4.69, 9.17) is 0 Å². The highest BCUT2D eigenvalue weighted by Gasteiger charge is 2.04. The van der Waals surface area contributed by atoms with Crippen LogP contribution in [0.3, 0.4) is 0 Å². The Kier molecular flexibility index (Phi) is 3.58. The molecule has 0 bridgehead atoms. The molecule has 0 spiro atoms. The van der Waals surface area contributed by atoms with E-state index in [9.17, 15) is 4.79 Å². The average molecular weight is 294 g/mol. The van der Waals surface area contributed by atoms with Crippen LogP contribution in [-0.4, -0.2) is 15.7 Å². The van der Waals surface area contributed by atoms with Crippen LogP contribution in [0.25, 0.3) is 0 Å². The lowest BCUT2D eigenvalue weighted by Gasteiger charge is -2.07. The number of amides is 1. The summed E-state index contributed by atoms with van der Waals surface area (Å²) in [5.41, 5.74) is 1.88. The maximum absolute atomic E-state index is 11.7. The van der Waals surface area contributed by atoms with Gasteiger partial charge in [0.05, 0.1) is 0 Å². The van der Waals surface area contributed by atoms with Gasteiger partial charge in [0.1, 0.15) is 6.54 Å². The average Bonchev–Trinajstić information content (AvgIpc) is 2.67. The molecular formula is C12H12BrN3O. The predicted octanol–water partition coefficient (Wildman–Crippen LogP) is 2.59. The molecule has 0 aliphatic heterocycles. The predicted molar refractivity (Wildman–Crippen MR) is 69.7 cm³/mol. The SMILES string of the molecule is Cc1cc(Br)cc(NC(=O)Cn2cccn2)c1. The van der Waals surface area contributed by atoms with Crippen LogP contribution in [0.2, 0.25) is 0 Å². The number of benzene rings is 1. The molecule has 1 amide bonds. The van der Waals surface area contributed by atoms with E-state index in [0.717, 1.165) is 15.7 Å². The smallest absolute Gasteiger partial charge is 0.246 e. The van der Waals surface area contributed by atoms with E-state index in [-0.39, 0.29) is 12.5 Å². The monoisotopic (exact) mass is 293 g/mol. The van der Waals surface area contributed by atoms with E-state index >= 15 is 0 Å². The summed E-state index contributed by atoms with van der Waals surface area (Å²) in [6.45, 7) is 2.20. The molecule has 0 saturated carbocycles. The van der Waals surface area contributed by atoms with Crippen LogP contribution < -0.4 is 5.32 Å². The fourth-order valence-electron chi connectivity index (χ4n) is 1.55. The lowest BCUT2D eigenvalue weighted by molar-refractivity contribution is -0.116. The zero-order valence-corrected chi connectivity index (χ0v) is 10.9. The molecular weight excluding hydrogens is 282 g/mol. The molecule has 4 nitrogen and oxygen atoms in total. The van der Waals surface area contributed by atoms with Gasteiger partial charge in [-0.15, -0.1) is 0 Å². The quantitative estimate of drug-likeness (QED) is 0.945. The molecule has 1 heterocycles. The van der Waals surface area contributed by atoms with Crippen LogP contribution in [0.1, 0.15) is 5.56 Å². The Morgan fingerprint density at radius 1 is 1.47 bits per heavy atom. The summed E-state index contributed by atoms with van der Waals surface area (Å²) < 4.78 is 2.53. The third-order valence-corrected chi connectivity index (χ3v) is 2.65. The highest BCUT2D eigenvalue weighted by Crippen LogP contribution is 2.18. The summed E-state index contributed by atoms with van der Waals surface area (Å²) in [5.74, 6) is -0.0915. The second-order valence-corrected chi connectivity index (χ2v) is 4.68. The van der Waals surface area contributed by atoms with Crippen LogP contribution in [-0.2, 0) is 11.3 Å². The molecule has 17 heavy (non-hydrogen) atoms. The van der Waals surface area contributed by atoms with Crippen LogP contribution in [0, 0.1) is 6.92 Å². The number of aryl methyl sites for hydroxylation is 1. The molecule has 2 rings (SSSR count). The molecule has 2 aromatic rings. The van der Waals surface area contributed by atoms with Crippen molar-refractivity contribution in [1.82, 2.24) is 9.78 Å². The standard InChI is InChI=1S/C12H12BrN3O/c1-9-5-10(13)7-11(6-9)15-12(17)8-16-4-2-3-14-16/h2-7H,8H2,1H3,(H,15,17). The van der Waals surface area contributed by atoms with E-state index in [1.165, 1.54) is 0 Å². The number of rotatable bonds is 3. The van der Waals surface area contributed by atoms with Gasteiger partial charge in [0.25, 0.3) is 0 Å². The molecule has 0 fully saturated rings. The van der Waals surface area contributed by atoms with Crippen LogP contribution >= 0.6 is 15.9 Å². The topological polar surface area (TPSA) is 46.9 Å². The van der Waals surface area contributed by atoms with Crippen LogP contribution in [0.15, 0.2) is 41.1 Å². The van der Waals surface area contributed by atoms with Crippen molar-refractivity contribution in [1.29, 1.82) is 0 Å². The molecule has 0 atom stereocenters. The van der Waals surface area contributed by atoms with Crippen molar-refractivity contribution in [3.63, 3.8) is 0 Å². The first kappa shape index (κ1) is 11.9. The number of carbonyl (C=O) groups excluding carboxylic acids is 1. The van der Waals surface area contributed by atoms with Gasteiger partial charge in [-0.3, -0.25) is 9.48 Å². The largest absolute Gasteiger partial charge is 0.324 e. The van der Waals surface area contributed by atoms with Crippen molar-refractivity contribution in [2.24, 2.45) is 0 Å². The summed E-state index contributed by atoms with van der Waals surface area (Å²) in [4.78, 5) is 11.7. The Balaban J connectivity index is 2.03. The van der Waals surface area contributed by atoms with Crippen molar-refractivity contribution < 1.29 is 4.79 Å². The fraction of sp³-hybridized carbons (Fsp3) is 0.167. The maximum atomic E-state index is 11.7. The van der Waals surface area contributed by atoms with Crippen molar-refractivity contribution in [3.05, 3.63) is 46.7 Å². The van der Waals surface area contributed by atoms with Gasteiger partial charge < -0.3 is 5.32 Å². The summed E-state index contributed by atoms with van der Waals surface area (Å²) in [5, 5.41) is 6.81. The second-order valence-electron chi connectivity index (χ2n) is 3.77. The Bertz CT molecular complexity index is 502. The molecule has 1 aromatic carbocycles. The van der Waals surface area contributed by atoms with Crippen LogP contribution in [0.5, 0.6) is 0 Å². The third-order valence-electron chi connectivity index (χ3n) is 2.19. The van der Waals surface area contributed by atoms with Gasteiger partial charge in [0.2, 0.25) is 5.91 Å². The summed E-state index contributed by atoms with van der Waals surface area (Å²) in [6, 6.07) is 7.57. The number of aromatic nitrogens is 2. The molecule has 0 radical (unpaired) electrons. The van der Waals surface area contributed by atoms with Gasteiger partial charge in [-0.1, -0.05) is 15.9 Å². The summed E-state index contributed by atoms with van der Waals surface area (Å²) >= 11 is 3.39. The van der Waals surface area contributed by atoms with E-state index in [2.05, 4.69) is 26.3 Å². The Hall–Kier alpha value is -1.62.